The molecular weight excluding hydrogens is 428 g/mol. The number of ether oxygens (including phenoxy) is 1. The molecule has 0 heterocycles. The van der Waals surface area contributed by atoms with Gasteiger partial charge in [0.15, 0.2) is 0 Å². The molecule has 178 valence electrons. The van der Waals surface area contributed by atoms with Crippen molar-refractivity contribution in [2.75, 3.05) is 26.7 Å². The molecule has 0 radical (unpaired) electrons. The fraction of sp³-hybridized carbons (Fsp3) is 0.625. The van der Waals surface area contributed by atoms with Gasteiger partial charge in [-0.15, -0.1) is 5.92 Å². The average Bonchev–Trinajstić information content (AvgIpc) is 2.79. The predicted octanol–water partition coefficient (Wildman–Crippen LogP) is 3.45. The summed E-state index contributed by atoms with van der Waals surface area (Å²) in [5.41, 5.74) is -1.53. The number of likely N-dealkylation sites (N-methyl/N-ethyl adjacent to an activating group) is 1. The Bertz CT molecular complexity index is 923. The first-order valence-electron chi connectivity index (χ1n) is 11.2. The van der Waals surface area contributed by atoms with Crippen molar-refractivity contribution in [1.29, 1.82) is 0 Å². The maximum atomic E-state index is 13.4. The third-order valence-corrected chi connectivity index (χ3v) is 8.85. The van der Waals surface area contributed by atoms with E-state index in [2.05, 4.69) is 30.6 Å². The van der Waals surface area contributed by atoms with Crippen LogP contribution in [-0.4, -0.2) is 67.0 Å². The number of carbonyl (C=O) groups is 1. The molecule has 1 aromatic rings. The molecule has 1 aliphatic carbocycles. The van der Waals surface area contributed by atoms with Gasteiger partial charge in [-0.25, -0.2) is 8.42 Å². The highest BCUT2D eigenvalue weighted by atomic mass is 32.2. The largest absolute Gasteiger partial charge is 0.481 e. The van der Waals surface area contributed by atoms with Crippen LogP contribution in [0, 0.1) is 17.8 Å². The zero-order valence-electron chi connectivity index (χ0n) is 19.8. The Balaban J connectivity index is 2.23. The van der Waals surface area contributed by atoms with Gasteiger partial charge in [-0.2, -0.15) is 4.31 Å². The lowest BCUT2D eigenvalue weighted by Gasteiger charge is -2.44. The van der Waals surface area contributed by atoms with Crippen LogP contribution >= 0.6 is 0 Å². The number of sulfonamides is 1. The summed E-state index contributed by atoms with van der Waals surface area (Å²) in [7, 11) is -2.64. The van der Waals surface area contributed by atoms with Gasteiger partial charge in [0.2, 0.25) is 10.0 Å². The van der Waals surface area contributed by atoms with Crippen LogP contribution in [0.2, 0.25) is 0 Å². The summed E-state index contributed by atoms with van der Waals surface area (Å²) in [6.45, 7) is 9.65. The summed E-state index contributed by atoms with van der Waals surface area (Å²) >= 11 is 0. The highest BCUT2D eigenvalue weighted by Crippen LogP contribution is 2.40. The van der Waals surface area contributed by atoms with Crippen molar-refractivity contribution in [3.8, 4) is 17.6 Å². The highest BCUT2D eigenvalue weighted by molar-refractivity contribution is 7.89. The smallest absolute Gasteiger partial charge is 0.325 e. The molecule has 0 unspecified atom stereocenters. The second kappa shape index (κ2) is 11.2. The summed E-state index contributed by atoms with van der Waals surface area (Å²) in [4.78, 5) is 14.9. The van der Waals surface area contributed by atoms with E-state index in [1.54, 1.807) is 19.1 Å². The van der Waals surface area contributed by atoms with Gasteiger partial charge < -0.3 is 14.7 Å². The second-order valence-corrected chi connectivity index (χ2v) is 10.3. The normalized spacial score (nSPS) is 21.0. The van der Waals surface area contributed by atoms with Crippen molar-refractivity contribution in [3.05, 3.63) is 24.3 Å². The Labute approximate surface area is 192 Å². The van der Waals surface area contributed by atoms with Crippen molar-refractivity contribution in [1.82, 2.24) is 9.21 Å². The van der Waals surface area contributed by atoms with E-state index in [9.17, 15) is 18.3 Å². The molecular formula is C24H36N2O5S. The Morgan fingerprint density at radius 1 is 1.16 bits per heavy atom. The first kappa shape index (κ1) is 26.2. The highest BCUT2D eigenvalue weighted by Gasteiger charge is 2.50. The zero-order chi connectivity index (χ0) is 23.9. The number of carboxylic acids is 1. The number of nitrogens with zero attached hydrogens (tertiary/aromatic N) is 2. The van der Waals surface area contributed by atoms with E-state index < -0.39 is 21.5 Å². The average molecular weight is 465 g/mol. The minimum absolute atomic E-state index is 0.0400. The Kier molecular flexibility index (Phi) is 9.14. The molecule has 0 spiro atoms. The molecule has 1 saturated carbocycles. The lowest BCUT2D eigenvalue weighted by Crippen LogP contribution is -2.59. The maximum Gasteiger partial charge on any atom is 0.325 e. The van der Waals surface area contributed by atoms with Crippen LogP contribution in [0.3, 0.4) is 0 Å². The van der Waals surface area contributed by atoms with Gasteiger partial charge in [-0.1, -0.05) is 19.8 Å². The zero-order valence-corrected chi connectivity index (χ0v) is 20.6. The van der Waals surface area contributed by atoms with Crippen molar-refractivity contribution < 1.29 is 23.1 Å². The Morgan fingerprint density at radius 2 is 1.72 bits per heavy atom. The van der Waals surface area contributed by atoms with Gasteiger partial charge in [0.05, 0.1) is 4.90 Å². The van der Waals surface area contributed by atoms with Crippen LogP contribution in [0.25, 0.3) is 0 Å². The lowest BCUT2D eigenvalue weighted by molar-refractivity contribution is -0.151. The third kappa shape index (κ3) is 5.45. The monoisotopic (exact) mass is 464 g/mol. The van der Waals surface area contributed by atoms with Gasteiger partial charge in [-0.05, 0) is 82.8 Å². The van der Waals surface area contributed by atoms with Crippen LogP contribution in [0.4, 0.5) is 0 Å². The number of benzene rings is 1. The number of hydrogen-bond donors (Lipinski definition) is 1. The fourth-order valence-electron chi connectivity index (χ4n) is 4.62. The minimum Gasteiger partial charge on any atom is -0.481 e. The van der Waals surface area contributed by atoms with Crippen molar-refractivity contribution in [2.24, 2.45) is 5.92 Å². The number of carboxylic acid groups (broad SMARTS) is 1. The molecule has 7 nitrogen and oxygen atoms in total. The molecule has 1 aliphatic rings. The molecule has 0 aliphatic heterocycles. The van der Waals surface area contributed by atoms with E-state index in [0.717, 1.165) is 30.2 Å². The van der Waals surface area contributed by atoms with Crippen LogP contribution in [0.5, 0.6) is 5.75 Å². The molecule has 1 N–H and O–H groups in total. The summed E-state index contributed by atoms with van der Waals surface area (Å²) in [6.07, 6.45) is 3.09. The molecule has 0 saturated heterocycles. The molecule has 32 heavy (non-hydrogen) atoms. The summed E-state index contributed by atoms with van der Waals surface area (Å²) < 4.78 is 33.2. The van der Waals surface area contributed by atoms with E-state index in [1.807, 2.05) is 0 Å². The molecule has 0 bridgehead atoms. The van der Waals surface area contributed by atoms with E-state index in [-0.39, 0.29) is 17.4 Å². The number of aliphatic carboxylic acids is 1. The molecule has 1 atom stereocenters. The van der Waals surface area contributed by atoms with Crippen LogP contribution in [-0.2, 0) is 14.8 Å². The fourth-order valence-corrected chi connectivity index (χ4v) is 6.14. The lowest BCUT2D eigenvalue weighted by atomic mass is 9.74. The summed E-state index contributed by atoms with van der Waals surface area (Å²) in [5, 5.41) is 10.1. The first-order chi connectivity index (χ1) is 15.1. The van der Waals surface area contributed by atoms with Crippen LogP contribution in [0.1, 0.15) is 53.4 Å². The maximum absolute atomic E-state index is 13.4. The Morgan fingerprint density at radius 3 is 2.19 bits per heavy atom. The predicted molar refractivity (Wildman–Crippen MR) is 125 cm³/mol. The minimum atomic E-state index is -4.01. The van der Waals surface area contributed by atoms with Crippen molar-refractivity contribution in [3.63, 3.8) is 0 Å². The van der Waals surface area contributed by atoms with Crippen LogP contribution < -0.4 is 4.74 Å². The molecule has 0 aromatic heterocycles. The van der Waals surface area contributed by atoms with E-state index in [0.29, 0.717) is 24.6 Å². The van der Waals surface area contributed by atoms with Gasteiger partial charge >= 0.3 is 5.97 Å². The summed E-state index contributed by atoms with van der Waals surface area (Å²) in [6, 6.07) is 6.43. The topological polar surface area (TPSA) is 87.2 Å². The summed E-state index contributed by atoms with van der Waals surface area (Å²) in [5.74, 6) is 4.63. The number of rotatable bonds is 10. The van der Waals surface area contributed by atoms with E-state index >= 15 is 0 Å². The van der Waals surface area contributed by atoms with Gasteiger partial charge in [-0.3, -0.25) is 4.79 Å². The SMILES string of the molecule is CC#CCOc1ccc(S(=O)(=O)N(C)[C@@](C)(C(=O)O)C2CCC(N(CC)CC)CC2)cc1. The van der Waals surface area contributed by atoms with Crippen LogP contribution in [0.15, 0.2) is 29.2 Å². The molecule has 1 fully saturated rings. The molecule has 0 amide bonds. The molecule has 2 rings (SSSR count). The van der Waals surface area contributed by atoms with Gasteiger partial charge in [0.25, 0.3) is 0 Å². The number of hydrogen-bond acceptors (Lipinski definition) is 5. The van der Waals surface area contributed by atoms with Gasteiger partial charge in [0.1, 0.15) is 17.9 Å². The third-order valence-electron chi connectivity index (χ3n) is 6.88. The second-order valence-electron chi connectivity index (χ2n) is 8.34. The van der Waals surface area contributed by atoms with E-state index in [4.69, 9.17) is 4.74 Å². The molecule has 8 heteroatoms. The Hall–Kier alpha value is -2.08. The first-order valence-corrected chi connectivity index (χ1v) is 12.7. The van der Waals surface area contributed by atoms with Gasteiger partial charge in [0, 0.05) is 13.1 Å². The standard InChI is InChI=1S/C24H36N2O5S/c1-6-9-18-31-21-14-16-22(17-15-21)32(29,30)25(5)24(4,23(27)28)19-10-12-20(13-11-19)26(7-2)8-3/h14-17,19-20H,7-8,10-13,18H2,1-5H3,(H,27,28)/t19?,20?,24-/m1/s1. The van der Waals surface area contributed by atoms with E-state index in [1.165, 1.54) is 26.1 Å². The quantitative estimate of drug-likeness (QED) is 0.534. The molecule has 1 aromatic carbocycles. The van der Waals surface area contributed by atoms with Crippen molar-refractivity contribution in [2.45, 2.75) is 69.9 Å². The van der Waals surface area contributed by atoms with Crippen molar-refractivity contribution >= 4 is 16.0 Å².